The van der Waals surface area contributed by atoms with Crippen molar-refractivity contribution in [1.29, 1.82) is 0 Å². The summed E-state index contributed by atoms with van der Waals surface area (Å²) in [5.41, 5.74) is 11.5. The molecule has 1 heteroatoms. The molecule has 0 fully saturated rings. The topological polar surface area (TPSA) is 26.0 Å². The summed E-state index contributed by atoms with van der Waals surface area (Å²) in [4.78, 5) is 0. The minimum Gasteiger partial charge on any atom is -0.327 e. The molecule has 0 heterocycles. The third-order valence-electron chi connectivity index (χ3n) is 3.16. The number of rotatable bonds is 4. The Morgan fingerprint density at radius 2 is 1.28 bits per heavy atom. The average molecular weight is 239 g/mol. The molecule has 2 aromatic carbocycles. The van der Waals surface area contributed by atoms with E-state index in [1.54, 1.807) is 0 Å². The number of hydrogen-bond acceptors (Lipinski definition) is 1. The highest BCUT2D eigenvalue weighted by Gasteiger charge is 2.05. The van der Waals surface area contributed by atoms with Gasteiger partial charge in [-0.05, 0) is 37.8 Å². The van der Waals surface area contributed by atoms with Crippen LogP contribution in [0.3, 0.4) is 0 Å². The van der Waals surface area contributed by atoms with Crippen molar-refractivity contribution in [1.82, 2.24) is 0 Å². The van der Waals surface area contributed by atoms with Crippen LogP contribution >= 0.6 is 0 Å². The van der Waals surface area contributed by atoms with Gasteiger partial charge in [-0.1, -0.05) is 59.7 Å². The number of hydrogen-bond donors (Lipinski definition) is 1. The first-order valence-corrected chi connectivity index (χ1v) is 6.50. The predicted octanol–water partition coefficient (Wildman–Crippen LogP) is 3.42. The maximum Gasteiger partial charge on any atom is 0.0120 e. The molecule has 0 aliphatic heterocycles. The highest BCUT2D eigenvalue weighted by atomic mass is 14.6. The van der Waals surface area contributed by atoms with Gasteiger partial charge in [-0.2, -0.15) is 0 Å². The zero-order chi connectivity index (χ0) is 13.0. The molecule has 0 atom stereocenters. The minimum absolute atomic E-state index is 0.189. The van der Waals surface area contributed by atoms with Gasteiger partial charge in [0.05, 0.1) is 0 Å². The van der Waals surface area contributed by atoms with Gasteiger partial charge in [-0.15, -0.1) is 0 Å². The summed E-state index contributed by atoms with van der Waals surface area (Å²) in [7, 11) is 0. The Morgan fingerprint density at radius 1 is 0.833 bits per heavy atom. The highest BCUT2D eigenvalue weighted by Crippen LogP contribution is 2.11. The quantitative estimate of drug-likeness (QED) is 0.869. The van der Waals surface area contributed by atoms with E-state index in [0.717, 1.165) is 12.8 Å². The Balaban J connectivity index is 1.98. The zero-order valence-electron chi connectivity index (χ0n) is 11.2. The van der Waals surface area contributed by atoms with Crippen molar-refractivity contribution in [3.05, 3.63) is 70.8 Å². The Bertz CT molecular complexity index is 469. The summed E-state index contributed by atoms with van der Waals surface area (Å²) < 4.78 is 0. The molecule has 0 saturated carbocycles. The first-order valence-electron chi connectivity index (χ1n) is 6.50. The fraction of sp³-hybridized carbons (Fsp3) is 0.294. The van der Waals surface area contributed by atoms with E-state index in [-0.39, 0.29) is 6.04 Å². The van der Waals surface area contributed by atoms with Gasteiger partial charge in [0.1, 0.15) is 0 Å². The molecular formula is C17H21N. The molecule has 1 nitrogen and oxygen atoms in total. The van der Waals surface area contributed by atoms with E-state index in [0.29, 0.717) is 0 Å². The van der Waals surface area contributed by atoms with E-state index in [2.05, 4.69) is 62.4 Å². The smallest absolute Gasteiger partial charge is 0.0120 e. The summed E-state index contributed by atoms with van der Waals surface area (Å²) >= 11 is 0. The van der Waals surface area contributed by atoms with E-state index in [1.807, 2.05) is 0 Å². The van der Waals surface area contributed by atoms with Crippen LogP contribution < -0.4 is 5.73 Å². The number of benzene rings is 2. The van der Waals surface area contributed by atoms with Crippen molar-refractivity contribution in [3.8, 4) is 0 Å². The Kier molecular flexibility index (Phi) is 4.16. The molecule has 0 bridgehead atoms. The minimum atomic E-state index is 0.189. The fourth-order valence-electron chi connectivity index (χ4n) is 2.36. The summed E-state index contributed by atoms with van der Waals surface area (Å²) in [6.45, 7) is 4.24. The van der Waals surface area contributed by atoms with Gasteiger partial charge in [0.25, 0.3) is 0 Å². The molecule has 2 rings (SSSR count). The molecule has 2 aromatic rings. The largest absolute Gasteiger partial charge is 0.327 e. The molecule has 0 aromatic heterocycles. The normalized spacial score (nSPS) is 10.9. The van der Waals surface area contributed by atoms with Crippen molar-refractivity contribution in [2.24, 2.45) is 5.73 Å². The van der Waals surface area contributed by atoms with Gasteiger partial charge in [0.15, 0.2) is 0 Å². The first kappa shape index (κ1) is 12.8. The van der Waals surface area contributed by atoms with Crippen LogP contribution in [0.25, 0.3) is 0 Å². The lowest BCUT2D eigenvalue weighted by Gasteiger charge is -2.12. The lowest BCUT2D eigenvalue weighted by molar-refractivity contribution is 0.664. The second kappa shape index (κ2) is 5.83. The fourth-order valence-corrected chi connectivity index (χ4v) is 2.36. The predicted molar refractivity (Wildman–Crippen MR) is 77.7 cm³/mol. The van der Waals surface area contributed by atoms with Crippen molar-refractivity contribution in [2.75, 3.05) is 0 Å². The lowest BCUT2D eigenvalue weighted by Crippen LogP contribution is -2.25. The highest BCUT2D eigenvalue weighted by molar-refractivity contribution is 5.25. The molecule has 0 saturated heterocycles. The third-order valence-corrected chi connectivity index (χ3v) is 3.16. The maximum atomic E-state index is 6.24. The molecule has 0 spiro atoms. The Morgan fingerprint density at radius 3 is 1.67 bits per heavy atom. The van der Waals surface area contributed by atoms with Crippen LogP contribution in [0.15, 0.2) is 48.5 Å². The van der Waals surface area contributed by atoms with Crippen LogP contribution in [0.2, 0.25) is 0 Å². The maximum absolute atomic E-state index is 6.24. The molecular weight excluding hydrogens is 218 g/mol. The standard InChI is InChI=1S/C17H21N/c1-13-5-3-7-15(9-13)11-17(18)12-16-8-4-6-14(2)10-16/h3-10,17H,11-12,18H2,1-2H3. The van der Waals surface area contributed by atoms with E-state index in [9.17, 15) is 0 Å². The molecule has 0 radical (unpaired) electrons. The van der Waals surface area contributed by atoms with Crippen molar-refractivity contribution in [3.63, 3.8) is 0 Å². The van der Waals surface area contributed by atoms with Gasteiger partial charge in [0, 0.05) is 6.04 Å². The van der Waals surface area contributed by atoms with E-state index in [4.69, 9.17) is 5.73 Å². The Hall–Kier alpha value is -1.60. The van der Waals surface area contributed by atoms with Crippen molar-refractivity contribution in [2.45, 2.75) is 32.7 Å². The second-order valence-electron chi connectivity index (χ2n) is 5.15. The van der Waals surface area contributed by atoms with Gasteiger partial charge in [-0.25, -0.2) is 0 Å². The summed E-state index contributed by atoms with van der Waals surface area (Å²) in [6, 6.07) is 17.4. The molecule has 0 aliphatic carbocycles. The van der Waals surface area contributed by atoms with Crippen LogP contribution in [-0.4, -0.2) is 6.04 Å². The van der Waals surface area contributed by atoms with E-state index in [1.165, 1.54) is 22.3 Å². The van der Waals surface area contributed by atoms with Crippen LogP contribution in [0.1, 0.15) is 22.3 Å². The molecule has 18 heavy (non-hydrogen) atoms. The van der Waals surface area contributed by atoms with Gasteiger partial charge >= 0.3 is 0 Å². The molecule has 94 valence electrons. The molecule has 0 aliphatic rings. The lowest BCUT2D eigenvalue weighted by atomic mass is 9.98. The van der Waals surface area contributed by atoms with Crippen molar-refractivity contribution < 1.29 is 0 Å². The van der Waals surface area contributed by atoms with E-state index < -0.39 is 0 Å². The molecule has 0 amide bonds. The van der Waals surface area contributed by atoms with Crippen LogP contribution in [-0.2, 0) is 12.8 Å². The van der Waals surface area contributed by atoms with E-state index >= 15 is 0 Å². The van der Waals surface area contributed by atoms with Gasteiger partial charge in [-0.3, -0.25) is 0 Å². The summed E-state index contributed by atoms with van der Waals surface area (Å²) in [6.07, 6.45) is 1.88. The average Bonchev–Trinajstić information content (AvgIpc) is 2.28. The molecule has 2 N–H and O–H groups in total. The third kappa shape index (κ3) is 3.71. The van der Waals surface area contributed by atoms with Crippen LogP contribution in [0, 0.1) is 13.8 Å². The number of nitrogens with two attached hydrogens (primary N) is 1. The Labute approximate surface area is 110 Å². The van der Waals surface area contributed by atoms with Crippen molar-refractivity contribution >= 4 is 0 Å². The monoisotopic (exact) mass is 239 g/mol. The summed E-state index contributed by atoms with van der Waals surface area (Å²) in [5, 5.41) is 0. The van der Waals surface area contributed by atoms with Crippen LogP contribution in [0.5, 0.6) is 0 Å². The SMILES string of the molecule is Cc1cccc(CC(N)Cc2cccc(C)c2)c1. The summed E-state index contributed by atoms with van der Waals surface area (Å²) in [5.74, 6) is 0. The zero-order valence-corrected chi connectivity index (χ0v) is 11.2. The molecule has 0 unspecified atom stereocenters. The van der Waals surface area contributed by atoms with Crippen LogP contribution in [0.4, 0.5) is 0 Å². The first-order chi connectivity index (χ1) is 8.63. The second-order valence-corrected chi connectivity index (χ2v) is 5.15. The van der Waals surface area contributed by atoms with Gasteiger partial charge in [0.2, 0.25) is 0 Å². The number of aryl methyl sites for hydroxylation is 2. The van der Waals surface area contributed by atoms with Gasteiger partial charge < -0.3 is 5.73 Å².